The molecule has 5 nitrogen and oxygen atoms in total. The predicted molar refractivity (Wildman–Crippen MR) is 73.0 cm³/mol. The molecule has 0 radical (unpaired) electrons. The first-order valence-corrected chi connectivity index (χ1v) is 7.45. The number of rotatable bonds is 3. The summed E-state index contributed by atoms with van der Waals surface area (Å²) in [7, 11) is 1.47. The minimum absolute atomic E-state index is 0.115. The molecule has 20 heavy (non-hydrogen) atoms. The Hall–Kier alpha value is -1.36. The van der Waals surface area contributed by atoms with Crippen molar-refractivity contribution < 1.29 is 14.1 Å². The highest BCUT2D eigenvalue weighted by Gasteiger charge is 2.45. The number of nitrogens with zero attached hydrogens (tertiary/aromatic N) is 2. The standard InChI is InChI=1S/C15H22N2O3/c1-10-7-12(20-16-10)9-17-13-6-4-3-5-11(13)8-14(17)15(18)19-2/h7,11,13-14H,3-6,8-9H2,1-2H3. The zero-order valence-corrected chi connectivity index (χ0v) is 12.2. The van der Waals surface area contributed by atoms with E-state index in [1.165, 1.54) is 32.8 Å². The van der Waals surface area contributed by atoms with Crippen LogP contribution in [0.3, 0.4) is 0 Å². The number of fused-ring (bicyclic) bond motifs is 1. The third-order valence-corrected chi connectivity index (χ3v) is 4.71. The van der Waals surface area contributed by atoms with Crippen LogP contribution >= 0.6 is 0 Å². The van der Waals surface area contributed by atoms with Crippen LogP contribution < -0.4 is 0 Å². The van der Waals surface area contributed by atoms with E-state index in [4.69, 9.17) is 9.26 Å². The zero-order chi connectivity index (χ0) is 14.1. The van der Waals surface area contributed by atoms with Gasteiger partial charge in [-0.15, -0.1) is 0 Å². The molecule has 0 aromatic carbocycles. The van der Waals surface area contributed by atoms with Gasteiger partial charge in [0.2, 0.25) is 0 Å². The lowest BCUT2D eigenvalue weighted by molar-refractivity contribution is -0.146. The van der Waals surface area contributed by atoms with Gasteiger partial charge in [0, 0.05) is 12.1 Å². The number of methoxy groups -OCH3 is 1. The molecule has 2 aliphatic rings. The fourth-order valence-electron chi connectivity index (χ4n) is 3.82. The van der Waals surface area contributed by atoms with Crippen molar-refractivity contribution in [2.75, 3.05) is 7.11 Å². The zero-order valence-electron chi connectivity index (χ0n) is 12.2. The fraction of sp³-hybridized carbons (Fsp3) is 0.733. The van der Waals surface area contributed by atoms with Gasteiger partial charge in [0.25, 0.3) is 0 Å². The van der Waals surface area contributed by atoms with Crippen LogP contribution in [0.25, 0.3) is 0 Å². The Bertz CT molecular complexity index is 485. The minimum Gasteiger partial charge on any atom is -0.468 e. The molecule has 0 N–H and O–H groups in total. The Morgan fingerprint density at radius 1 is 1.50 bits per heavy atom. The topological polar surface area (TPSA) is 55.6 Å². The van der Waals surface area contributed by atoms with Crippen molar-refractivity contribution in [2.45, 2.75) is 57.7 Å². The summed E-state index contributed by atoms with van der Waals surface area (Å²) in [6.45, 7) is 2.57. The second-order valence-electron chi connectivity index (χ2n) is 5.99. The van der Waals surface area contributed by atoms with Crippen LogP contribution in [0.4, 0.5) is 0 Å². The van der Waals surface area contributed by atoms with Crippen molar-refractivity contribution >= 4 is 5.97 Å². The van der Waals surface area contributed by atoms with Gasteiger partial charge in [0.15, 0.2) is 5.76 Å². The lowest BCUT2D eigenvalue weighted by Crippen LogP contribution is -2.42. The molecule has 2 fully saturated rings. The number of aromatic nitrogens is 1. The molecule has 1 aromatic rings. The molecule has 1 saturated carbocycles. The van der Waals surface area contributed by atoms with Gasteiger partial charge < -0.3 is 9.26 Å². The summed E-state index contributed by atoms with van der Waals surface area (Å²) in [4.78, 5) is 14.3. The number of carbonyl (C=O) groups is 1. The van der Waals surface area contributed by atoms with E-state index in [0.29, 0.717) is 18.5 Å². The van der Waals surface area contributed by atoms with E-state index in [9.17, 15) is 4.79 Å². The van der Waals surface area contributed by atoms with Gasteiger partial charge in [0.1, 0.15) is 6.04 Å². The lowest BCUT2D eigenvalue weighted by Gasteiger charge is -2.32. The molecule has 3 atom stereocenters. The van der Waals surface area contributed by atoms with E-state index < -0.39 is 0 Å². The van der Waals surface area contributed by atoms with Gasteiger partial charge >= 0.3 is 5.97 Å². The van der Waals surface area contributed by atoms with Crippen molar-refractivity contribution in [1.82, 2.24) is 10.1 Å². The highest BCUT2D eigenvalue weighted by molar-refractivity contribution is 5.76. The Labute approximate surface area is 119 Å². The molecular weight excluding hydrogens is 256 g/mol. The molecule has 5 heteroatoms. The molecule has 1 saturated heterocycles. The van der Waals surface area contributed by atoms with Gasteiger partial charge in [-0.25, -0.2) is 0 Å². The van der Waals surface area contributed by atoms with E-state index in [2.05, 4.69) is 10.1 Å². The Balaban J connectivity index is 1.80. The maximum Gasteiger partial charge on any atom is 0.323 e. The Kier molecular flexibility index (Phi) is 3.78. The first-order chi connectivity index (χ1) is 9.69. The van der Waals surface area contributed by atoms with Crippen molar-refractivity contribution in [3.05, 3.63) is 17.5 Å². The monoisotopic (exact) mass is 278 g/mol. The second kappa shape index (κ2) is 5.56. The highest BCUT2D eigenvalue weighted by atomic mass is 16.5. The predicted octanol–water partition coefficient (Wildman–Crippen LogP) is 2.29. The molecule has 0 bridgehead atoms. The van der Waals surface area contributed by atoms with Crippen LogP contribution in [-0.4, -0.2) is 35.2 Å². The third kappa shape index (κ3) is 2.46. The van der Waals surface area contributed by atoms with Crippen molar-refractivity contribution in [3.8, 4) is 0 Å². The molecule has 3 rings (SSSR count). The van der Waals surface area contributed by atoms with Crippen molar-refractivity contribution in [2.24, 2.45) is 5.92 Å². The number of carbonyl (C=O) groups excluding carboxylic acids is 1. The molecule has 1 aromatic heterocycles. The Morgan fingerprint density at radius 2 is 2.30 bits per heavy atom. The molecule has 2 heterocycles. The molecule has 1 aliphatic carbocycles. The number of hydrogen-bond acceptors (Lipinski definition) is 5. The van der Waals surface area contributed by atoms with Crippen LogP contribution in [0.5, 0.6) is 0 Å². The quantitative estimate of drug-likeness (QED) is 0.794. The third-order valence-electron chi connectivity index (χ3n) is 4.71. The van der Waals surface area contributed by atoms with E-state index in [0.717, 1.165) is 17.9 Å². The first-order valence-electron chi connectivity index (χ1n) is 7.45. The molecule has 3 unspecified atom stereocenters. The van der Waals surface area contributed by atoms with Gasteiger partial charge in [0.05, 0.1) is 19.3 Å². The highest BCUT2D eigenvalue weighted by Crippen LogP contribution is 2.40. The van der Waals surface area contributed by atoms with E-state index in [1.54, 1.807) is 0 Å². The SMILES string of the molecule is COC(=O)C1CC2CCCCC2N1Cc1cc(C)no1. The van der Waals surface area contributed by atoms with Crippen LogP contribution in [0.15, 0.2) is 10.6 Å². The van der Waals surface area contributed by atoms with Crippen LogP contribution in [0, 0.1) is 12.8 Å². The minimum atomic E-state index is -0.126. The largest absolute Gasteiger partial charge is 0.468 e. The number of hydrogen-bond donors (Lipinski definition) is 0. The average Bonchev–Trinajstić information content (AvgIpc) is 3.03. The van der Waals surface area contributed by atoms with E-state index in [1.807, 2.05) is 13.0 Å². The normalized spacial score (nSPS) is 30.2. The van der Waals surface area contributed by atoms with Gasteiger partial charge in [-0.3, -0.25) is 9.69 Å². The first kappa shape index (κ1) is 13.6. The summed E-state index contributed by atoms with van der Waals surface area (Å²) in [5.41, 5.74) is 0.883. The van der Waals surface area contributed by atoms with Crippen LogP contribution in [0.2, 0.25) is 0 Å². The smallest absolute Gasteiger partial charge is 0.323 e. The van der Waals surface area contributed by atoms with Crippen molar-refractivity contribution in [1.29, 1.82) is 0 Å². The molecule has 110 valence electrons. The van der Waals surface area contributed by atoms with E-state index >= 15 is 0 Å². The summed E-state index contributed by atoms with van der Waals surface area (Å²) in [6, 6.07) is 2.31. The summed E-state index contributed by atoms with van der Waals surface area (Å²) < 4.78 is 10.3. The number of esters is 1. The number of ether oxygens (including phenoxy) is 1. The van der Waals surface area contributed by atoms with E-state index in [-0.39, 0.29) is 12.0 Å². The fourth-order valence-corrected chi connectivity index (χ4v) is 3.82. The van der Waals surface area contributed by atoms with Gasteiger partial charge in [-0.2, -0.15) is 0 Å². The number of likely N-dealkylation sites (tertiary alicyclic amines) is 1. The van der Waals surface area contributed by atoms with Gasteiger partial charge in [-0.05, 0) is 32.1 Å². The van der Waals surface area contributed by atoms with Gasteiger partial charge in [-0.1, -0.05) is 18.0 Å². The average molecular weight is 278 g/mol. The molecular formula is C15H22N2O3. The maximum absolute atomic E-state index is 12.1. The lowest BCUT2D eigenvalue weighted by atomic mass is 9.85. The van der Waals surface area contributed by atoms with Crippen LogP contribution in [0.1, 0.15) is 43.6 Å². The number of aryl methyl sites for hydroxylation is 1. The van der Waals surface area contributed by atoms with Crippen LogP contribution in [-0.2, 0) is 16.1 Å². The summed E-state index contributed by atoms with van der Waals surface area (Å²) >= 11 is 0. The second-order valence-corrected chi connectivity index (χ2v) is 5.99. The Morgan fingerprint density at radius 3 is 3.00 bits per heavy atom. The maximum atomic E-state index is 12.1. The summed E-state index contributed by atoms with van der Waals surface area (Å²) in [5.74, 6) is 1.34. The van der Waals surface area contributed by atoms with Crippen molar-refractivity contribution in [3.63, 3.8) is 0 Å². The molecule has 0 spiro atoms. The molecule has 1 aliphatic heterocycles. The molecule has 0 amide bonds. The summed E-state index contributed by atoms with van der Waals surface area (Å²) in [6.07, 6.45) is 5.85. The summed E-state index contributed by atoms with van der Waals surface area (Å²) in [5, 5.41) is 3.93.